The Bertz CT molecular complexity index is 2340. The molecule has 2 aromatic heterocycles. The van der Waals surface area contributed by atoms with Crippen molar-refractivity contribution in [1.82, 2.24) is 0 Å². The first-order valence-electron chi connectivity index (χ1n) is 16.2. The van der Waals surface area contributed by atoms with Gasteiger partial charge in [-0.2, -0.15) is 9.13 Å². The second-order valence-electron chi connectivity index (χ2n) is 12.4. The van der Waals surface area contributed by atoms with E-state index in [-0.39, 0.29) is 5.75 Å². The van der Waals surface area contributed by atoms with Crippen molar-refractivity contribution >= 4 is 21.5 Å². The molecule has 0 radical (unpaired) electrons. The van der Waals surface area contributed by atoms with E-state index in [4.69, 9.17) is 33.2 Å². The lowest BCUT2D eigenvalue weighted by Crippen LogP contribution is -2.40. The van der Waals surface area contributed by atoms with Gasteiger partial charge >= 0.3 is 0 Å². The molecule has 0 unspecified atom stereocenters. The van der Waals surface area contributed by atoms with Crippen LogP contribution in [0.2, 0.25) is 0 Å². The number of aromatic nitrogens is 2. The molecule has 0 amide bonds. The van der Waals surface area contributed by atoms with E-state index in [9.17, 15) is 5.11 Å². The molecule has 6 aromatic rings. The lowest BCUT2D eigenvalue weighted by atomic mass is 9.95. The standard InChI is InChI=1S/C20H19NO4.C19H14NO4/c1-23-18-5-4-12-8-16-14-10-17(22)19(24-2)9-13(14)6-7-21(16)11-15(12)20(18)25-3;1-2-16-19(24-10-21-16)14-8-20-4-3-12-6-17-18(23-9-22-17)7-13(12)15(20)5-11(1)14/h4-5,8-11H,6-7H2,1-3H3;1-2,5-8H,3-4,9-10H2/q;+1/p+1. The second-order valence-corrected chi connectivity index (χ2v) is 12.4. The number of methoxy groups -OCH3 is 3. The lowest BCUT2D eigenvalue weighted by molar-refractivity contribution is -0.686. The quantitative estimate of drug-likeness (QED) is 0.236. The van der Waals surface area contributed by atoms with Gasteiger partial charge in [0.05, 0.1) is 43.2 Å². The Hall–Kier alpha value is -5.90. The maximum absolute atomic E-state index is 10.2. The van der Waals surface area contributed by atoms with Crippen LogP contribution in [0, 0.1) is 0 Å². The number of hydrogen-bond acceptors (Lipinski definition) is 8. The summed E-state index contributed by atoms with van der Waals surface area (Å²) in [7, 11) is 4.86. The molecule has 49 heavy (non-hydrogen) atoms. The number of rotatable bonds is 3. The van der Waals surface area contributed by atoms with Crippen LogP contribution in [0.1, 0.15) is 11.1 Å². The maximum Gasteiger partial charge on any atom is 0.231 e. The number of phenolic OH excluding ortho intramolecular Hbond substituents is 1. The van der Waals surface area contributed by atoms with E-state index in [0.717, 1.165) is 87.5 Å². The molecule has 4 aliphatic rings. The van der Waals surface area contributed by atoms with Crippen molar-refractivity contribution in [2.75, 3.05) is 34.9 Å². The fraction of sp³-hybridized carbons (Fsp3) is 0.231. The van der Waals surface area contributed by atoms with Crippen molar-refractivity contribution in [1.29, 1.82) is 0 Å². The monoisotopic (exact) mass is 658 g/mol. The van der Waals surface area contributed by atoms with Gasteiger partial charge in [-0.25, -0.2) is 0 Å². The average molecular weight is 659 g/mol. The van der Waals surface area contributed by atoms with Crippen molar-refractivity contribution in [2.24, 2.45) is 0 Å². The molecule has 10 heteroatoms. The topological polar surface area (TPSA) is 92.6 Å². The number of hydrogen-bond donors (Lipinski definition) is 1. The zero-order valence-corrected chi connectivity index (χ0v) is 27.4. The number of aromatic hydroxyl groups is 1. The highest BCUT2D eigenvalue weighted by Gasteiger charge is 2.30. The number of pyridine rings is 2. The number of aryl methyl sites for hydroxylation is 4. The van der Waals surface area contributed by atoms with Crippen LogP contribution in [-0.2, 0) is 25.9 Å². The average Bonchev–Trinajstić information content (AvgIpc) is 3.82. The Kier molecular flexibility index (Phi) is 6.79. The van der Waals surface area contributed by atoms with Gasteiger partial charge in [0.1, 0.15) is 0 Å². The fourth-order valence-corrected chi connectivity index (χ4v) is 7.37. The Morgan fingerprint density at radius 2 is 1.20 bits per heavy atom. The maximum atomic E-state index is 10.2. The van der Waals surface area contributed by atoms with Gasteiger partial charge < -0.3 is 38.3 Å². The molecule has 0 spiro atoms. The first-order valence-corrected chi connectivity index (χ1v) is 16.2. The summed E-state index contributed by atoms with van der Waals surface area (Å²) in [5.41, 5.74) is 6.99. The summed E-state index contributed by atoms with van der Waals surface area (Å²) < 4.78 is 42.9. The summed E-state index contributed by atoms with van der Waals surface area (Å²) in [5, 5.41) is 14.5. The number of benzene rings is 4. The number of phenols is 1. The van der Waals surface area contributed by atoms with Gasteiger partial charge in [-0.05, 0) is 70.4 Å². The van der Waals surface area contributed by atoms with Gasteiger partial charge in [0.25, 0.3) is 0 Å². The summed E-state index contributed by atoms with van der Waals surface area (Å²) in [4.78, 5) is 0. The highest BCUT2D eigenvalue weighted by molar-refractivity contribution is 5.93. The van der Waals surface area contributed by atoms with Crippen molar-refractivity contribution < 1.29 is 47.4 Å². The largest absolute Gasteiger partial charge is 0.504 e. The third-order valence-electron chi connectivity index (χ3n) is 9.80. The van der Waals surface area contributed by atoms with E-state index >= 15 is 0 Å². The van der Waals surface area contributed by atoms with Crippen LogP contribution >= 0.6 is 0 Å². The Labute approximate surface area is 282 Å². The zero-order valence-electron chi connectivity index (χ0n) is 27.4. The minimum absolute atomic E-state index is 0.155. The Morgan fingerprint density at radius 3 is 1.94 bits per heavy atom. The highest BCUT2D eigenvalue weighted by atomic mass is 16.7. The second kappa shape index (κ2) is 11.4. The van der Waals surface area contributed by atoms with Crippen molar-refractivity contribution in [3.63, 3.8) is 0 Å². The van der Waals surface area contributed by atoms with Gasteiger partial charge in [0.2, 0.25) is 25.0 Å². The van der Waals surface area contributed by atoms with Crippen molar-refractivity contribution in [2.45, 2.75) is 25.9 Å². The third kappa shape index (κ3) is 4.69. The summed E-state index contributed by atoms with van der Waals surface area (Å²) in [6, 6.07) is 20.3. The molecule has 10 nitrogen and oxygen atoms in total. The van der Waals surface area contributed by atoms with Crippen LogP contribution in [0.25, 0.3) is 44.1 Å². The van der Waals surface area contributed by atoms with Crippen LogP contribution in [0.3, 0.4) is 0 Å². The molecular formula is C39H34N2O8+2. The van der Waals surface area contributed by atoms with Crippen LogP contribution in [0.15, 0.2) is 73.1 Å². The molecule has 0 fully saturated rings. The molecule has 246 valence electrons. The predicted octanol–water partition coefficient (Wildman–Crippen LogP) is 5.89. The molecule has 10 rings (SSSR count). The third-order valence-corrected chi connectivity index (χ3v) is 9.80. The summed E-state index contributed by atoms with van der Waals surface area (Å²) in [6.07, 6.45) is 6.12. The minimum atomic E-state index is 0.155. The lowest BCUT2D eigenvalue weighted by Gasteiger charge is -2.18. The Morgan fingerprint density at radius 1 is 0.592 bits per heavy atom. The van der Waals surface area contributed by atoms with Crippen molar-refractivity contribution in [3.05, 3.63) is 84.2 Å². The number of ether oxygens (including phenoxy) is 7. The van der Waals surface area contributed by atoms with E-state index in [0.29, 0.717) is 25.1 Å². The molecule has 0 aliphatic carbocycles. The van der Waals surface area contributed by atoms with E-state index in [1.807, 2.05) is 24.3 Å². The molecular weight excluding hydrogens is 624 g/mol. The normalized spacial score (nSPS) is 14.3. The molecule has 0 bridgehead atoms. The Balaban J connectivity index is 0.000000133. The SMILES string of the molecule is COc1cc2c(cc1O)-c1cc3ccc(OC)c(OC)c3c[n+]1CC2.c1c2c(cc3c1OCO3)-c1cc3ccc4c(c3c[n+]1CC2)OCO4. The minimum Gasteiger partial charge on any atom is -0.504 e. The van der Waals surface area contributed by atoms with Crippen LogP contribution in [0.5, 0.6) is 46.0 Å². The molecule has 0 atom stereocenters. The molecule has 0 saturated carbocycles. The smallest absolute Gasteiger partial charge is 0.231 e. The van der Waals surface area contributed by atoms with Gasteiger partial charge in [-0.3, -0.25) is 0 Å². The summed E-state index contributed by atoms with van der Waals surface area (Å²) in [6.45, 7) is 2.39. The summed E-state index contributed by atoms with van der Waals surface area (Å²) in [5.74, 6) is 5.47. The fourth-order valence-electron chi connectivity index (χ4n) is 7.37. The van der Waals surface area contributed by atoms with Gasteiger partial charge in [0, 0.05) is 25.0 Å². The van der Waals surface area contributed by atoms with Gasteiger partial charge in [-0.1, -0.05) is 0 Å². The highest BCUT2D eigenvalue weighted by Crippen LogP contribution is 2.43. The van der Waals surface area contributed by atoms with Crippen LogP contribution in [-0.4, -0.2) is 40.0 Å². The van der Waals surface area contributed by atoms with E-state index < -0.39 is 0 Å². The van der Waals surface area contributed by atoms with Crippen LogP contribution in [0.4, 0.5) is 0 Å². The first-order chi connectivity index (χ1) is 24.0. The van der Waals surface area contributed by atoms with E-state index in [2.05, 4.69) is 51.9 Å². The number of fused-ring (bicyclic) bond motifs is 11. The summed E-state index contributed by atoms with van der Waals surface area (Å²) >= 11 is 0. The number of nitrogens with zero attached hydrogens (tertiary/aromatic N) is 2. The zero-order chi connectivity index (χ0) is 33.2. The van der Waals surface area contributed by atoms with Crippen molar-refractivity contribution in [3.8, 4) is 68.5 Å². The molecule has 4 aliphatic heterocycles. The van der Waals surface area contributed by atoms with Crippen LogP contribution < -0.4 is 42.3 Å². The van der Waals surface area contributed by atoms with Gasteiger partial charge in [-0.15, -0.1) is 0 Å². The molecule has 4 aromatic carbocycles. The molecule has 1 N–H and O–H groups in total. The molecule has 0 saturated heterocycles. The van der Waals surface area contributed by atoms with Gasteiger partial charge in [0.15, 0.2) is 71.5 Å². The first kappa shape index (κ1) is 29.3. The van der Waals surface area contributed by atoms with E-state index in [1.54, 1.807) is 27.4 Å². The molecule has 6 heterocycles. The predicted molar refractivity (Wildman–Crippen MR) is 180 cm³/mol. The van der Waals surface area contributed by atoms with E-state index in [1.165, 1.54) is 22.4 Å².